The topological polar surface area (TPSA) is 29.5 Å². The van der Waals surface area contributed by atoms with Gasteiger partial charge in [0.1, 0.15) is 5.75 Å². The molecule has 1 heterocycles. The summed E-state index contributed by atoms with van der Waals surface area (Å²) in [7, 11) is 0. The fourth-order valence-electron chi connectivity index (χ4n) is 2.34. The molecule has 0 saturated carbocycles. The van der Waals surface area contributed by atoms with Crippen LogP contribution >= 0.6 is 0 Å². The molecule has 0 radical (unpaired) electrons. The maximum absolute atomic E-state index is 9.78. The van der Waals surface area contributed by atoms with E-state index in [0.717, 1.165) is 31.6 Å². The summed E-state index contributed by atoms with van der Waals surface area (Å²) in [5.41, 5.74) is 1.07. The van der Waals surface area contributed by atoms with Crippen molar-refractivity contribution in [3.8, 4) is 5.75 Å². The van der Waals surface area contributed by atoms with Gasteiger partial charge in [0.25, 0.3) is 0 Å². The molecular weight excluding hydrogens is 188 g/mol. The Morgan fingerprint density at radius 1 is 1.27 bits per heavy atom. The van der Waals surface area contributed by atoms with E-state index in [-0.39, 0.29) is 0 Å². The number of hydrogen-bond donors (Lipinski definition) is 1. The van der Waals surface area contributed by atoms with Gasteiger partial charge < -0.3 is 9.84 Å². The van der Waals surface area contributed by atoms with Crippen LogP contribution in [0.15, 0.2) is 24.3 Å². The van der Waals surface area contributed by atoms with E-state index < -0.39 is 0 Å². The lowest BCUT2D eigenvalue weighted by atomic mass is 9.82. The van der Waals surface area contributed by atoms with Gasteiger partial charge in [0, 0.05) is 13.2 Å². The molecule has 0 spiro atoms. The highest BCUT2D eigenvalue weighted by atomic mass is 16.5. The Morgan fingerprint density at radius 3 is 2.60 bits per heavy atom. The lowest BCUT2D eigenvalue weighted by molar-refractivity contribution is 0.0594. The van der Waals surface area contributed by atoms with E-state index in [1.807, 2.05) is 18.2 Å². The first-order valence-electron chi connectivity index (χ1n) is 5.64. The minimum Gasteiger partial charge on any atom is -0.508 e. The van der Waals surface area contributed by atoms with Crippen molar-refractivity contribution >= 4 is 0 Å². The van der Waals surface area contributed by atoms with Crippen molar-refractivity contribution in [2.45, 2.75) is 25.7 Å². The Balaban J connectivity index is 2.12. The molecule has 1 aliphatic heterocycles. The second-order valence-corrected chi connectivity index (χ2v) is 4.30. The average Bonchev–Trinajstić information content (AvgIpc) is 2.30. The Labute approximate surface area is 90.9 Å². The maximum atomic E-state index is 9.78. The van der Waals surface area contributed by atoms with Crippen LogP contribution in [-0.2, 0) is 4.74 Å². The third-order valence-corrected chi connectivity index (χ3v) is 3.40. The molecule has 2 heteroatoms. The summed E-state index contributed by atoms with van der Waals surface area (Å²) < 4.78 is 5.35. The second kappa shape index (κ2) is 4.67. The molecule has 1 unspecified atom stereocenters. The molecular formula is C13H18O2. The van der Waals surface area contributed by atoms with E-state index in [0.29, 0.717) is 17.6 Å². The van der Waals surface area contributed by atoms with E-state index in [1.54, 1.807) is 6.07 Å². The number of rotatable bonds is 2. The highest BCUT2D eigenvalue weighted by Gasteiger charge is 2.23. The van der Waals surface area contributed by atoms with Crippen molar-refractivity contribution in [3.63, 3.8) is 0 Å². The summed E-state index contributed by atoms with van der Waals surface area (Å²) in [6.07, 6.45) is 2.21. The molecule has 0 bridgehead atoms. The predicted molar refractivity (Wildman–Crippen MR) is 60.1 cm³/mol. The van der Waals surface area contributed by atoms with Gasteiger partial charge in [-0.15, -0.1) is 0 Å². The molecule has 15 heavy (non-hydrogen) atoms. The SMILES string of the molecule is CC(c1ccccc1O)C1CCOCC1. The lowest BCUT2D eigenvalue weighted by Crippen LogP contribution is -2.20. The highest BCUT2D eigenvalue weighted by Crippen LogP contribution is 2.35. The van der Waals surface area contributed by atoms with Crippen molar-refractivity contribution in [3.05, 3.63) is 29.8 Å². The van der Waals surface area contributed by atoms with Crippen LogP contribution in [0.2, 0.25) is 0 Å². The minimum atomic E-state index is 0.426. The van der Waals surface area contributed by atoms with Gasteiger partial charge in [0.2, 0.25) is 0 Å². The zero-order chi connectivity index (χ0) is 10.7. The molecule has 1 fully saturated rings. The van der Waals surface area contributed by atoms with E-state index in [1.165, 1.54) is 0 Å². The van der Waals surface area contributed by atoms with E-state index in [2.05, 4.69) is 6.92 Å². The van der Waals surface area contributed by atoms with Gasteiger partial charge in [0.05, 0.1) is 0 Å². The molecule has 1 saturated heterocycles. The first-order chi connectivity index (χ1) is 7.29. The molecule has 1 aromatic rings. The first kappa shape index (κ1) is 10.5. The van der Waals surface area contributed by atoms with E-state index in [4.69, 9.17) is 4.74 Å². The van der Waals surface area contributed by atoms with Crippen LogP contribution in [0.25, 0.3) is 0 Å². The molecule has 1 aliphatic rings. The Bertz CT molecular complexity index is 316. The number of ether oxygens (including phenoxy) is 1. The molecule has 1 atom stereocenters. The van der Waals surface area contributed by atoms with Crippen molar-refractivity contribution in [2.75, 3.05) is 13.2 Å². The third-order valence-electron chi connectivity index (χ3n) is 3.40. The number of aromatic hydroxyl groups is 1. The van der Waals surface area contributed by atoms with Crippen LogP contribution in [0, 0.1) is 5.92 Å². The molecule has 0 aliphatic carbocycles. The van der Waals surface area contributed by atoms with E-state index in [9.17, 15) is 5.11 Å². The fraction of sp³-hybridized carbons (Fsp3) is 0.538. The third kappa shape index (κ3) is 2.32. The first-order valence-corrected chi connectivity index (χ1v) is 5.64. The lowest BCUT2D eigenvalue weighted by Gasteiger charge is -2.28. The van der Waals surface area contributed by atoms with Gasteiger partial charge in [-0.25, -0.2) is 0 Å². The predicted octanol–water partition coefficient (Wildman–Crippen LogP) is 2.92. The summed E-state index contributed by atoms with van der Waals surface area (Å²) in [5.74, 6) is 1.50. The zero-order valence-corrected chi connectivity index (χ0v) is 9.15. The normalized spacial score (nSPS) is 20.1. The van der Waals surface area contributed by atoms with Crippen molar-refractivity contribution < 1.29 is 9.84 Å². The van der Waals surface area contributed by atoms with Gasteiger partial charge in [-0.05, 0) is 36.3 Å². The van der Waals surface area contributed by atoms with Crippen molar-refractivity contribution in [1.82, 2.24) is 0 Å². The molecule has 0 amide bonds. The monoisotopic (exact) mass is 206 g/mol. The fourth-order valence-corrected chi connectivity index (χ4v) is 2.34. The standard InChI is InChI=1S/C13H18O2/c1-10(11-6-8-15-9-7-11)12-4-2-3-5-13(12)14/h2-5,10-11,14H,6-9H2,1H3. The quantitative estimate of drug-likeness (QED) is 0.806. The number of phenols is 1. The molecule has 1 aromatic carbocycles. The smallest absolute Gasteiger partial charge is 0.119 e. The molecule has 1 N–H and O–H groups in total. The largest absolute Gasteiger partial charge is 0.508 e. The Kier molecular flexibility index (Phi) is 3.27. The highest BCUT2D eigenvalue weighted by molar-refractivity contribution is 5.34. The van der Waals surface area contributed by atoms with Gasteiger partial charge >= 0.3 is 0 Å². The van der Waals surface area contributed by atoms with Gasteiger partial charge in [-0.1, -0.05) is 25.1 Å². The van der Waals surface area contributed by atoms with Gasteiger partial charge in [-0.3, -0.25) is 0 Å². The number of para-hydroxylation sites is 1. The van der Waals surface area contributed by atoms with Crippen LogP contribution in [0.4, 0.5) is 0 Å². The van der Waals surface area contributed by atoms with Gasteiger partial charge in [-0.2, -0.15) is 0 Å². The second-order valence-electron chi connectivity index (χ2n) is 4.30. The summed E-state index contributed by atoms with van der Waals surface area (Å²) >= 11 is 0. The minimum absolute atomic E-state index is 0.426. The zero-order valence-electron chi connectivity index (χ0n) is 9.15. The van der Waals surface area contributed by atoms with Crippen molar-refractivity contribution in [1.29, 1.82) is 0 Å². The summed E-state index contributed by atoms with van der Waals surface area (Å²) in [4.78, 5) is 0. The molecule has 2 nitrogen and oxygen atoms in total. The molecule has 0 aromatic heterocycles. The van der Waals surface area contributed by atoms with Gasteiger partial charge in [0.15, 0.2) is 0 Å². The van der Waals surface area contributed by atoms with Crippen LogP contribution in [-0.4, -0.2) is 18.3 Å². The number of hydrogen-bond acceptors (Lipinski definition) is 2. The average molecular weight is 206 g/mol. The molecule has 82 valence electrons. The van der Waals surface area contributed by atoms with Crippen LogP contribution in [0.1, 0.15) is 31.2 Å². The number of benzene rings is 1. The van der Waals surface area contributed by atoms with Crippen LogP contribution in [0.3, 0.4) is 0 Å². The van der Waals surface area contributed by atoms with E-state index >= 15 is 0 Å². The Morgan fingerprint density at radius 2 is 1.93 bits per heavy atom. The number of phenolic OH excluding ortho intramolecular Hbond substituents is 1. The molecule has 2 rings (SSSR count). The maximum Gasteiger partial charge on any atom is 0.119 e. The summed E-state index contributed by atoms with van der Waals surface area (Å²) in [5, 5.41) is 9.78. The van der Waals surface area contributed by atoms with Crippen LogP contribution in [0.5, 0.6) is 5.75 Å². The summed E-state index contributed by atoms with van der Waals surface area (Å²) in [6.45, 7) is 3.93. The van der Waals surface area contributed by atoms with Crippen LogP contribution < -0.4 is 0 Å². The van der Waals surface area contributed by atoms with Crippen molar-refractivity contribution in [2.24, 2.45) is 5.92 Å². The Hall–Kier alpha value is -1.02. The summed E-state index contributed by atoms with van der Waals surface area (Å²) in [6, 6.07) is 7.65.